The number of esters is 1. The van der Waals surface area contributed by atoms with Gasteiger partial charge in [0.15, 0.2) is 6.10 Å². The number of hydrogen-bond donors (Lipinski definition) is 2. The fraction of sp³-hybridized carbons (Fsp3) is 0.909. The number of hydrogen-bond acceptors (Lipinski definition) is 4. The van der Waals surface area contributed by atoms with Gasteiger partial charge in [0.05, 0.1) is 7.11 Å². The molecule has 0 bridgehead atoms. The van der Waals surface area contributed by atoms with Gasteiger partial charge in [-0.2, -0.15) is 0 Å². The highest BCUT2D eigenvalue weighted by atomic mass is 16.5. The van der Waals surface area contributed by atoms with Crippen LogP contribution in [0.3, 0.4) is 0 Å². The molecule has 1 aliphatic carbocycles. The quantitative estimate of drug-likeness (QED) is 0.679. The minimum atomic E-state index is -1.07. The third kappa shape index (κ3) is 2.49. The van der Waals surface area contributed by atoms with Crippen LogP contribution >= 0.6 is 0 Å². The van der Waals surface area contributed by atoms with Gasteiger partial charge in [-0.3, -0.25) is 0 Å². The third-order valence-electron chi connectivity index (χ3n) is 3.68. The van der Waals surface area contributed by atoms with Crippen LogP contribution in [0.15, 0.2) is 0 Å². The molecule has 0 aliphatic heterocycles. The van der Waals surface area contributed by atoms with E-state index in [1.165, 1.54) is 7.11 Å². The minimum Gasteiger partial charge on any atom is -0.467 e. The summed E-state index contributed by atoms with van der Waals surface area (Å²) in [4.78, 5) is 11.3. The van der Waals surface area contributed by atoms with Gasteiger partial charge in [0.1, 0.15) is 0 Å². The molecule has 0 spiro atoms. The van der Waals surface area contributed by atoms with Crippen LogP contribution in [0, 0.1) is 11.3 Å². The Morgan fingerprint density at radius 1 is 1.60 bits per heavy atom. The van der Waals surface area contributed by atoms with Crippen molar-refractivity contribution < 1.29 is 14.6 Å². The van der Waals surface area contributed by atoms with Crippen molar-refractivity contribution in [2.75, 3.05) is 13.7 Å². The summed E-state index contributed by atoms with van der Waals surface area (Å²) in [6.07, 6.45) is 2.58. The van der Waals surface area contributed by atoms with Crippen molar-refractivity contribution in [2.24, 2.45) is 17.1 Å². The Morgan fingerprint density at radius 2 is 2.13 bits per heavy atom. The van der Waals surface area contributed by atoms with Crippen LogP contribution in [0.1, 0.15) is 32.6 Å². The average Bonchev–Trinajstić information content (AvgIpc) is 2.28. The summed E-state index contributed by atoms with van der Waals surface area (Å²) in [6.45, 7) is 2.53. The molecule has 0 aromatic carbocycles. The Bertz CT molecular complexity index is 222. The van der Waals surface area contributed by atoms with Crippen LogP contribution < -0.4 is 5.73 Å². The van der Waals surface area contributed by atoms with E-state index in [4.69, 9.17) is 5.73 Å². The summed E-state index contributed by atoms with van der Waals surface area (Å²) >= 11 is 0. The Kier molecular flexibility index (Phi) is 4.11. The van der Waals surface area contributed by atoms with Crippen molar-refractivity contribution in [1.29, 1.82) is 0 Å². The highest BCUT2D eigenvalue weighted by Gasteiger charge is 2.43. The number of aliphatic hydroxyl groups excluding tert-OH is 1. The molecular weight excluding hydrogens is 194 g/mol. The molecule has 1 fully saturated rings. The molecule has 1 atom stereocenters. The highest BCUT2D eigenvalue weighted by Crippen LogP contribution is 2.41. The van der Waals surface area contributed by atoms with Gasteiger partial charge in [-0.05, 0) is 18.8 Å². The van der Waals surface area contributed by atoms with E-state index in [2.05, 4.69) is 11.7 Å². The lowest BCUT2D eigenvalue weighted by atomic mass is 9.67. The zero-order valence-corrected chi connectivity index (χ0v) is 9.53. The summed E-state index contributed by atoms with van der Waals surface area (Å²) in [5.74, 6) is 0.101. The summed E-state index contributed by atoms with van der Waals surface area (Å²) in [6, 6.07) is 0. The summed E-state index contributed by atoms with van der Waals surface area (Å²) < 4.78 is 4.57. The lowest BCUT2D eigenvalue weighted by Gasteiger charge is -2.40. The first-order valence-electron chi connectivity index (χ1n) is 5.51. The maximum atomic E-state index is 11.3. The van der Waals surface area contributed by atoms with Crippen LogP contribution in [-0.2, 0) is 9.53 Å². The lowest BCUT2D eigenvalue weighted by Crippen LogP contribution is -2.48. The van der Waals surface area contributed by atoms with E-state index in [1.54, 1.807) is 0 Å². The molecule has 15 heavy (non-hydrogen) atoms. The average molecular weight is 215 g/mol. The molecule has 0 radical (unpaired) electrons. The third-order valence-corrected chi connectivity index (χ3v) is 3.68. The summed E-state index contributed by atoms with van der Waals surface area (Å²) in [5.41, 5.74) is 5.25. The second-order valence-electron chi connectivity index (χ2n) is 4.67. The van der Waals surface area contributed by atoms with E-state index in [9.17, 15) is 9.90 Å². The first-order valence-corrected chi connectivity index (χ1v) is 5.51. The zero-order chi connectivity index (χ0) is 11.5. The van der Waals surface area contributed by atoms with Crippen molar-refractivity contribution in [2.45, 2.75) is 38.7 Å². The fourth-order valence-electron chi connectivity index (χ4n) is 2.29. The van der Waals surface area contributed by atoms with E-state index in [1.807, 2.05) is 0 Å². The molecule has 1 unspecified atom stereocenters. The molecule has 0 saturated heterocycles. The number of rotatable bonds is 3. The van der Waals surface area contributed by atoms with Crippen molar-refractivity contribution in [1.82, 2.24) is 0 Å². The Morgan fingerprint density at radius 3 is 2.53 bits per heavy atom. The Balaban J connectivity index is 2.72. The van der Waals surface area contributed by atoms with Gasteiger partial charge in [0.2, 0.25) is 0 Å². The molecule has 3 N–H and O–H groups in total. The molecule has 1 aliphatic rings. The van der Waals surface area contributed by atoms with Gasteiger partial charge in [0.25, 0.3) is 0 Å². The maximum Gasteiger partial charge on any atom is 0.335 e. The van der Waals surface area contributed by atoms with Crippen LogP contribution in [-0.4, -0.2) is 30.8 Å². The Labute approximate surface area is 90.8 Å². The molecule has 0 aromatic rings. The number of carbonyl (C=O) groups is 1. The molecule has 4 nitrogen and oxygen atoms in total. The van der Waals surface area contributed by atoms with Gasteiger partial charge in [-0.1, -0.05) is 19.8 Å². The summed E-state index contributed by atoms with van der Waals surface area (Å²) in [7, 11) is 1.29. The van der Waals surface area contributed by atoms with E-state index in [-0.39, 0.29) is 0 Å². The van der Waals surface area contributed by atoms with E-state index < -0.39 is 17.5 Å². The second-order valence-corrected chi connectivity index (χ2v) is 4.67. The smallest absolute Gasteiger partial charge is 0.335 e. The molecule has 0 amide bonds. The molecule has 4 heteroatoms. The number of ether oxygens (including phenoxy) is 1. The molecule has 88 valence electrons. The molecular formula is C11H21NO3. The van der Waals surface area contributed by atoms with Crippen LogP contribution in [0.25, 0.3) is 0 Å². The monoisotopic (exact) mass is 215 g/mol. The highest BCUT2D eigenvalue weighted by molar-refractivity contribution is 5.75. The maximum absolute atomic E-state index is 11.3. The van der Waals surface area contributed by atoms with Crippen LogP contribution in [0.5, 0.6) is 0 Å². The van der Waals surface area contributed by atoms with Gasteiger partial charge in [-0.25, -0.2) is 4.79 Å². The SMILES string of the molecule is COC(=O)C(O)C1(CN)CCC(C)CC1. The lowest BCUT2D eigenvalue weighted by molar-refractivity contribution is -0.160. The van der Waals surface area contributed by atoms with Crippen molar-refractivity contribution >= 4 is 5.97 Å². The van der Waals surface area contributed by atoms with Crippen LogP contribution in [0.2, 0.25) is 0 Å². The first-order chi connectivity index (χ1) is 7.05. The minimum absolute atomic E-state index is 0.343. The van der Waals surface area contributed by atoms with Crippen LogP contribution in [0.4, 0.5) is 0 Å². The predicted octanol–water partition coefficient (Wildman–Crippen LogP) is 0.675. The van der Waals surface area contributed by atoms with Crippen molar-refractivity contribution in [3.63, 3.8) is 0 Å². The standard InChI is InChI=1S/C11H21NO3/c1-8-3-5-11(7-12,6-4-8)9(13)10(14)15-2/h8-9,13H,3-7,12H2,1-2H3. The molecule has 0 heterocycles. The van der Waals surface area contributed by atoms with Gasteiger partial charge in [-0.15, -0.1) is 0 Å². The van der Waals surface area contributed by atoms with Crippen molar-refractivity contribution in [3.05, 3.63) is 0 Å². The number of methoxy groups -OCH3 is 1. The number of nitrogens with two attached hydrogens (primary N) is 1. The zero-order valence-electron chi connectivity index (χ0n) is 9.53. The molecule has 1 saturated carbocycles. The first kappa shape index (κ1) is 12.5. The Hall–Kier alpha value is -0.610. The van der Waals surface area contributed by atoms with E-state index in [0.29, 0.717) is 12.5 Å². The van der Waals surface area contributed by atoms with Gasteiger partial charge in [0, 0.05) is 12.0 Å². The molecule has 0 aromatic heterocycles. The largest absolute Gasteiger partial charge is 0.467 e. The predicted molar refractivity (Wildman–Crippen MR) is 57.1 cm³/mol. The topological polar surface area (TPSA) is 72.5 Å². The second kappa shape index (κ2) is 4.94. The van der Waals surface area contributed by atoms with E-state index in [0.717, 1.165) is 25.7 Å². The van der Waals surface area contributed by atoms with E-state index >= 15 is 0 Å². The van der Waals surface area contributed by atoms with Gasteiger partial charge >= 0.3 is 5.97 Å². The summed E-state index contributed by atoms with van der Waals surface area (Å²) in [5, 5.41) is 9.92. The molecule has 1 rings (SSSR count). The van der Waals surface area contributed by atoms with Gasteiger partial charge < -0.3 is 15.6 Å². The fourth-order valence-corrected chi connectivity index (χ4v) is 2.29. The van der Waals surface area contributed by atoms with Crippen molar-refractivity contribution in [3.8, 4) is 0 Å². The number of carbonyl (C=O) groups excluding carboxylic acids is 1. The normalized spacial score (nSPS) is 33.5. The number of aliphatic hydroxyl groups is 1.